The molecule has 4 heterocycles. The summed E-state index contributed by atoms with van der Waals surface area (Å²) in [5.41, 5.74) is 12.0. The molecule has 0 saturated heterocycles. The van der Waals surface area contributed by atoms with Gasteiger partial charge in [-0.05, 0) is 76.9 Å². The van der Waals surface area contributed by atoms with Crippen molar-refractivity contribution in [2.45, 2.75) is 0 Å². The van der Waals surface area contributed by atoms with Gasteiger partial charge in [-0.1, -0.05) is 121 Å². The predicted octanol–water partition coefficient (Wildman–Crippen LogP) is 11.7. The second kappa shape index (κ2) is 11.4. The topological polar surface area (TPSA) is 35.6 Å². The van der Waals surface area contributed by atoms with Gasteiger partial charge in [-0.3, -0.25) is 4.57 Å². The van der Waals surface area contributed by atoms with Gasteiger partial charge in [0.2, 0.25) is 0 Å². The van der Waals surface area contributed by atoms with E-state index in [1.54, 1.807) is 0 Å². The number of hydrogen-bond acceptors (Lipinski definition) is 2. The number of benzene rings is 6. The lowest BCUT2D eigenvalue weighted by Crippen LogP contribution is -2.01. The van der Waals surface area contributed by atoms with E-state index < -0.39 is 0 Å². The summed E-state index contributed by atoms with van der Waals surface area (Å²) in [4.78, 5) is 10.3. The van der Waals surface area contributed by atoms with Gasteiger partial charge >= 0.3 is 0 Å². The summed E-state index contributed by atoms with van der Waals surface area (Å²) in [5, 5.41) is 4.71. The van der Waals surface area contributed by atoms with E-state index in [2.05, 4.69) is 173 Å². The van der Waals surface area contributed by atoms with Gasteiger partial charge in [0.1, 0.15) is 11.5 Å². The molecule has 0 aliphatic carbocycles. The quantitative estimate of drug-likeness (QED) is 0.188. The highest BCUT2D eigenvalue weighted by molar-refractivity contribution is 6.17. The number of pyridine rings is 2. The third kappa shape index (κ3) is 4.46. The van der Waals surface area contributed by atoms with Crippen molar-refractivity contribution in [3.63, 3.8) is 0 Å². The zero-order valence-corrected chi connectivity index (χ0v) is 27.1. The molecule has 0 saturated carbocycles. The molecule has 4 nitrogen and oxygen atoms in total. The third-order valence-electron chi connectivity index (χ3n) is 9.77. The second-order valence-electron chi connectivity index (χ2n) is 12.7. The Labute approximate surface area is 289 Å². The SMILES string of the molecule is c1ccc(-c2cc(-c3ccccc3)nc(-n3c4cc(-c5cccc6c5c5ccccc5n6-c5ccccc5)ccc4c4cccnc43)c2)cc1. The van der Waals surface area contributed by atoms with Crippen LogP contribution in [0, 0.1) is 0 Å². The van der Waals surface area contributed by atoms with E-state index in [9.17, 15) is 0 Å². The normalized spacial score (nSPS) is 11.6. The molecular weight excluding hydrogens is 609 g/mol. The van der Waals surface area contributed by atoms with Crippen LogP contribution < -0.4 is 0 Å². The van der Waals surface area contributed by atoms with Crippen LogP contribution in [0.4, 0.5) is 0 Å². The van der Waals surface area contributed by atoms with Gasteiger partial charge in [0.15, 0.2) is 0 Å². The van der Waals surface area contributed by atoms with E-state index in [1.807, 2.05) is 18.3 Å². The summed E-state index contributed by atoms with van der Waals surface area (Å²) in [6.45, 7) is 0. The van der Waals surface area contributed by atoms with Gasteiger partial charge in [0, 0.05) is 39.0 Å². The maximum Gasteiger partial charge on any atom is 0.146 e. The van der Waals surface area contributed by atoms with Crippen molar-refractivity contribution in [2.24, 2.45) is 0 Å². The highest BCUT2D eigenvalue weighted by atomic mass is 15.1. The van der Waals surface area contributed by atoms with Crippen molar-refractivity contribution >= 4 is 43.7 Å². The molecule has 0 aliphatic heterocycles. The number of rotatable bonds is 5. The molecule has 0 bridgehead atoms. The maximum atomic E-state index is 5.32. The molecule has 234 valence electrons. The Hall–Kier alpha value is -6.78. The minimum absolute atomic E-state index is 0.833. The fourth-order valence-electron chi connectivity index (χ4n) is 7.54. The fraction of sp³-hybridized carbons (Fsp3) is 0. The molecule has 6 aromatic carbocycles. The summed E-state index contributed by atoms with van der Waals surface area (Å²) in [6.07, 6.45) is 1.87. The Morgan fingerprint density at radius 3 is 1.92 bits per heavy atom. The first-order valence-corrected chi connectivity index (χ1v) is 16.9. The van der Waals surface area contributed by atoms with Crippen LogP contribution in [0.25, 0.3) is 88.8 Å². The fourth-order valence-corrected chi connectivity index (χ4v) is 7.54. The smallest absolute Gasteiger partial charge is 0.146 e. The molecule has 0 spiro atoms. The summed E-state index contributed by atoms with van der Waals surface area (Å²) >= 11 is 0. The Kier molecular flexibility index (Phi) is 6.46. The first-order valence-electron chi connectivity index (χ1n) is 16.9. The van der Waals surface area contributed by atoms with Crippen LogP contribution >= 0.6 is 0 Å². The van der Waals surface area contributed by atoms with E-state index in [1.165, 1.54) is 27.4 Å². The van der Waals surface area contributed by atoms with Gasteiger partial charge in [0.05, 0.1) is 22.2 Å². The van der Waals surface area contributed by atoms with Crippen molar-refractivity contribution in [3.05, 3.63) is 182 Å². The van der Waals surface area contributed by atoms with Crippen molar-refractivity contribution in [3.8, 4) is 45.0 Å². The van der Waals surface area contributed by atoms with Crippen LogP contribution in [0.2, 0.25) is 0 Å². The number of nitrogens with zero attached hydrogens (tertiary/aromatic N) is 4. The van der Waals surface area contributed by atoms with E-state index in [4.69, 9.17) is 9.97 Å². The van der Waals surface area contributed by atoms with E-state index in [-0.39, 0.29) is 0 Å². The van der Waals surface area contributed by atoms with E-state index >= 15 is 0 Å². The molecule has 10 rings (SSSR count). The van der Waals surface area contributed by atoms with Gasteiger partial charge in [-0.25, -0.2) is 9.97 Å². The molecule has 0 unspecified atom stereocenters. The highest BCUT2D eigenvalue weighted by Crippen LogP contribution is 2.41. The van der Waals surface area contributed by atoms with Crippen LogP contribution in [0.1, 0.15) is 0 Å². The van der Waals surface area contributed by atoms with E-state index in [0.717, 1.165) is 61.4 Å². The number of fused-ring (bicyclic) bond motifs is 6. The lowest BCUT2D eigenvalue weighted by molar-refractivity contribution is 1.06. The molecule has 0 atom stereocenters. The standard InChI is InChI=1S/C46H30N4/c1-4-14-31(15-5-1)34-28-40(32-16-6-2-7-17-32)48-44(30-34)50-43-29-33(25-26-37(43)38-22-13-27-47-46(38)50)36-21-12-24-42-45(36)39-20-10-11-23-41(39)49(42)35-18-8-3-9-19-35/h1-30H. The van der Waals surface area contributed by atoms with Crippen LogP contribution in [0.15, 0.2) is 182 Å². The summed E-state index contributed by atoms with van der Waals surface area (Å²) in [6, 6.07) is 62.3. The lowest BCUT2D eigenvalue weighted by Gasteiger charge is -2.13. The predicted molar refractivity (Wildman–Crippen MR) is 207 cm³/mol. The van der Waals surface area contributed by atoms with Crippen LogP contribution in [0.3, 0.4) is 0 Å². The van der Waals surface area contributed by atoms with Crippen molar-refractivity contribution in [1.82, 2.24) is 19.1 Å². The summed E-state index contributed by atoms with van der Waals surface area (Å²) in [7, 11) is 0. The molecule has 0 aliphatic rings. The maximum absolute atomic E-state index is 5.32. The zero-order chi connectivity index (χ0) is 33.0. The van der Waals surface area contributed by atoms with E-state index in [0.29, 0.717) is 0 Å². The molecule has 50 heavy (non-hydrogen) atoms. The van der Waals surface area contributed by atoms with Gasteiger partial charge < -0.3 is 4.57 Å². The average Bonchev–Trinajstić information content (AvgIpc) is 3.71. The largest absolute Gasteiger partial charge is 0.309 e. The molecule has 0 radical (unpaired) electrons. The Morgan fingerprint density at radius 1 is 0.400 bits per heavy atom. The zero-order valence-electron chi connectivity index (χ0n) is 27.1. The molecule has 0 fully saturated rings. The summed E-state index contributed by atoms with van der Waals surface area (Å²) in [5.74, 6) is 0.833. The minimum atomic E-state index is 0.833. The molecule has 0 amide bonds. The Bertz CT molecular complexity index is 2790. The molecule has 0 N–H and O–H groups in total. The minimum Gasteiger partial charge on any atom is -0.309 e. The first-order chi connectivity index (χ1) is 24.8. The highest BCUT2D eigenvalue weighted by Gasteiger charge is 2.20. The van der Waals surface area contributed by atoms with Crippen LogP contribution in [-0.2, 0) is 0 Å². The van der Waals surface area contributed by atoms with Crippen LogP contribution in [0.5, 0.6) is 0 Å². The lowest BCUT2D eigenvalue weighted by atomic mass is 9.98. The van der Waals surface area contributed by atoms with Crippen molar-refractivity contribution < 1.29 is 0 Å². The molecule has 4 heteroatoms. The molecule has 4 aromatic heterocycles. The first kappa shape index (κ1) is 28.3. The summed E-state index contributed by atoms with van der Waals surface area (Å²) < 4.78 is 4.61. The Morgan fingerprint density at radius 2 is 1.10 bits per heavy atom. The monoisotopic (exact) mass is 638 g/mol. The molecular formula is C46H30N4. The number of para-hydroxylation sites is 2. The second-order valence-corrected chi connectivity index (χ2v) is 12.7. The van der Waals surface area contributed by atoms with Crippen molar-refractivity contribution in [1.29, 1.82) is 0 Å². The van der Waals surface area contributed by atoms with Gasteiger partial charge in [-0.15, -0.1) is 0 Å². The number of aromatic nitrogens is 4. The average molecular weight is 639 g/mol. The molecule has 10 aromatic rings. The van der Waals surface area contributed by atoms with Gasteiger partial charge in [-0.2, -0.15) is 0 Å². The number of hydrogen-bond donors (Lipinski definition) is 0. The third-order valence-corrected chi connectivity index (χ3v) is 9.77. The van der Waals surface area contributed by atoms with Crippen LogP contribution in [-0.4, -0.2) is 19.1 Å². The Balaban J connectivity index is 1.25. The van der Waals surface area contributed by atoms with Gasteiger partial charge in [0.25, 0.3) is 0 Å². The van der Waals surface area contributed by atoms with Crippen molar-refractivity contribution in [2.75, 3.05) is 0 Å².